The summed E-state index contributed by atoms with van der Waals surface area (Å²) in [6.45, 7) is 0. The second-order valence-electron chi connectivity index (χ2n) is 6.81. The molecule has 3 rings (SSSR count). The van der Waals surface area contributed by atoms with Crippen LogP contribution in [-0.4, -0.2) is 22.1 Å². The number of hydrogen-bond donors (Lipinski definition) is 3. The zero-order valence-electron chi connectivity index (χ0n) is 16.7. The Bertz CT molecular complexity index is 1070. The number of halogens is 1. The SMILES string of the molecule is O=C(O)CCCC=C(c1ccc(NC(=O)Nc2cccc(Cl)c2)cc1)c1cccnc1. The van der Waals surface area contributed by atoms with E-state index in [0.29, 0.717) is 29.2 Å². The van der Waals surface area contributed by atoms with Gasteiger partial charge in [0.05, 0.1) is 0 Å². The molecule has 2 amide bonds. The fourth-order valence-corrected chi connectivity index (χ4v) is 3.21. The molecule has 2 aromatic carbocycles. The van der Waals surface area contributed by atoms with Crippen LogP contribution < -0.4 is 10.6 Å². The Hall–Kier alpha value is -3.64. The molecule has 1 heterocycles. The molecule has 0 atom stereocenters. The molecular formula is C24H22ClN3O3. The zero-order chi connectivity index (χ0) is 22.1. The minimum absolute atomic E-state index is 0.126. The molecule has 0 saturated carbocycles. The summed E-state index contributed by atoms with van der Waals surface area (Å²) in [5.41, 5.74) is 4.10. The maximum absolute atomic E-state index is 12.2. The van der Waals surface area contributed by atoms with E-state index in [0.717, 1.165) is 16.7 Å². The predicted molar refractivity (Wildman–Crippen MR) is 123 cm³/mol. The number of allylic oxidation sites excluding steroid dienone is 1. The van der Waals surface area contributed by atoms with Crippen molar-refractivity contribution in [2.75, 3.05) is 10.6 Å². The van der Waals surface area contributed by atoms with Crippen molar-refractivity contribution < 1.29 is 14.7 Å². The van der Waals surface area contributed by atoms with Crippen molar-refractivity contribution in [3.8, 4) is 0 Å². The summed E-state index contributed by atoms with van der Waals surface area (Å²) in [6.07, 6.45) is 6.82. The van der Waals surface area contributed by atoms with Crippen LogP contribution in [0.15, 0.2) is 79.1 Å². The third-order valence-corrected chi connectivity index (χ3v) is 4.69. The number of urea groups is 1. The second kappa shape index (κ2) is 10.9. The molecular weight excluding hydrogens is 414 g/mol. The number of hydrogen-bond acceptors (Lipinski definition) is 3. The fraction of sp³-hybridized carbons (Fsp3) is 0.125. The Morgan fingerprint density at radius 3 is 2.42 bits per heavy atom. The van der Waals surface area contributed by atoms with Gasteiger partial charge >= 0.3 is 12.0 Å². The molecule has 3 N–H and O–H groups in total. The summed E-state index contributed by atoms with van der Waals surface area (Å²) in [7, 11) is 0. The number of anilines is 2. The summed E-state index contributed by atoms with van der Waals surface area (Å²) in [5.74, 6) is -0.803. The highest BCUT2D eigenvalue weighted by Gasteiger charge is 2.08. The monoisotopic (exact) mass is 435 g/mol. The molecule has 0 aliphatic carbocycles. The number of nitrogens with zero attached hydrogens (tertiary/aromatic N) is 1. The fourth-order valence-electron chi connectivity index (χ4n) is 3.02. The zero-order valence-corrected chi connectivity index (χ0v) is 17.5. The third kappa shape index (κ3) is 6.97. The summed E-state index contributed by atoms with van der Waals surface area (Å²) in [4.78, 5) is 27.2. The van der Waals surface area contributed by atoms with Crippen LogP contribution in [0.4, 0.5) is 16.2 Å². The Labute approximate surface area is 185 Å². The number of amides is 2. The van der Waals surface area contributed by atoms with Gasteiger partial charge < -0.3 is 15.7 Å². The number of rotatable bonds is 8. The van der Waals surface area contributed by atoms with E-state index in [4.69, 9.17) is 16.7 Å². The van der Waals surface area contributed by atoms with Gasteiger partial charge in [-0.15, -0.1) is 0 Å². The first kappa shape index (κ1) is 22.1. The van der Waals surface area contributed by atoms with E-state index < -0.39 is 5.97 Å². The normalized spacial score (nSPS) is 11.1. The third-order valence-electron chi connectivity index (χ3n) is 4.45. The van der Waals surface area contributed by atoms with Crippen LogP contribution in [0, 0.1) is 0 Å². The first-order valence-electron chi connectivity index (χ1n) is 9.77. The van der Waals surface area contributed by atoms with Crippen molar-refractivity contribution in [1.82, 2.24) is 4.98 Å². The van der Waals surface area contributed by atoms with E-state index in [1.807, 2.05) is 42.5 Å². The largest absolute Gasteiger partial charge is 0.481 e. The summed E-state index contributed by atoms with van der Waals surface area (Å²) < 4.78 is 0. The lowest BCUT2D eigenvalue weighted by atomic mass is 9.97. The van der Waals surface area contributed by atoms with Gasteiger partial charge in [-0.3, -0.25) is 9.78 Å². The number of unbranched alkanes of at least 4 members (excludes halogenated alkanes) is 1. The Balaban J connectivity index is 1.70. The molecule has 0 unspecified atom stereocenters. The smallest absolute Gasteiger partial charge is 0.323 e. The number of carbonyl (C=O) groups excluding carboxylic acids is 1. The highest BCUT2D eigenvalue weighted by Crippen LogP contribution is 2.25. The van der Waals surface area contributed by atoms with E-state index in [1.165, 1.54) is 0 Å². The van der Waals surface area contributed by atoms with Gasteiger partial charge in [-0.05, 0) is 60.4 Å². The number of carbonyl (C=O) groups is 2. The van der Waals surface area contributed by atoms with Crippen LogP contribution in [0.5, 0.6) is 0 Å². The number of carboxylic acid groups (broad SMARTS) is 1. The second-order valence-corrected chi connectivity index (χ2v) is 7.25. The Morgan fingerprint density at radius 2 is 1.74 bits per heavy atom. The topological polar surface area (TPSA) is 91.3 Å². The number of aromatic nitrogens is 1. The average Bonchev–Trinajstić information content (AvgIpc) is 2.75. The van der Waals surface area contributed by atoms with Gasteiger partial charge in [0.2, 0.25) is 0 Å². The molecule has 7 heteroatoms. The number of nitrogens with one attached hydrogen (secondary N) is 2. The summed E-state index contributed by atoms with van der Waals surface area (Å²) >= 11 is 5.94. The van der Waals surface area contributed by atoms with Crippen LogP contribution in [0.25, 0.3) is 5.57 Å². The molecule has 0 saturated heterocycles. The molecule has 1 aromatic heterocycles. The molecule has 6 nitrogen and oxygen atoms in total. The first-order chi connectivity index (χ1) is 15.0. The van der Waals surface area contributed by atoms with Crippen LogP contribution in [0.3, 0.4) is 0 Å². The number of aliphatic carboxylic acids is 1. The molecule has 0 aliphatic heterocycles. The molecule has 0 spiro atoms. The lowest BCUT2D eigenvalue weighted by molar-refractivity contribution is -0.137. The van der Waals surface area contributed by atoms with Crippen molar-refractivity contribution in [2.45, 2.75) is 19.3 Å². The number of pyridine rings is 1. The van der Waals surface area contributed by atoms with Crippen LogP contribution in [-0.2, 0) is 4.79 Å². The van der Waals surface area contributed by atoms with Gasteiger partial charge in [0, 0.05) is 40.8 Å². The van der Waals surface area contributed by atoms with E-state index in [9.17, 15) is 9.59 Å². The Morgan fingerprint density at radius 1 is 0.968 bits per heavy atom. The van der Waals surface area contributed by atoms with Crippen molar-refractivity contribution in [3.63, 3.8) is 0 Å². The van der Waals surface area contributed by atoms with Gasteiger partial charge in [-0.25, -0.2) is 4.79 Å². The number of benzene rings is 2. The maximum atomic E-state index is 12.2. The molecule has 158 valence electrons. The van der Waals surface area contributed by atoms with Crippen molar-refractivity contribution >= 4 is 40.5 Å². The summed E-state index contributed by atoms with van der Waals surface area (Å²) in [5, 5.41) is 14.9. The molecule has 0 aliphatic rings. The molecule has 0 radical (unpaired) electrons. The minimum atomic E-state index is -0.803. The van der Waals surface area contributed by atoms with Gasteiger partial charge in [-0.1, -0.05) is 41.9 Å². The maximum Gasteiger partial charge on any atom is 0.323 e. The van der Waals surface area contributed by atoms with Gasteiger partial charge in [0.15, 0.2) is 0 Å². The molecule has 0 bridgehead atoms. The van der Waals surface area contributed by atoms with Crippen molar-refractivity contribution in [1.29, 1.82) is 0 Å². The lowest BCUT2D eigenvalue weighted by Gasteiger charge is -2.11. The Kier molecular flexibility index (Phi) is 7.79. The molecule has 31 heavy (non-hydrogen) atoms. The predicted octanol–water partition coefficient (Wildman–Crippen LogP) is 6.07. The van der Waals surface area contributed by atoms with Crippen molar-refractivity contribution in [2.24, 2.45) is 0 Å². The van der Waals surface area contributed by atoms with Crippen molar-refractivity contribution in [3.05, 3.63) is 95.3 Å². The van der Waals surface area contributed by atoms with Crippen LogP contribution in [0.2, 0.25) is 5.02 Å². The van der Waals surface area contributed by atoms with E-state index in [1.54, 1.807) is 36.7 Å². The first-order valence-corrected chi connectivity index (χ1v) is 10.2. The van der Waals surface area contributed by atoms with Crippen LogP contribution in [0.1, 0.15) is 30.4 Å². The summed E-state index contributed by atoms with van der Waals surface area (Å²) in [6, 6.07) is 17.8. The lowest BCUT2D eigenvalue weighted by Crippen LogP contribution is -2.19. The van der Waals surface area contributed by atoms with E-state index >= 15 is 0 Å². The average molecular weight is 436 g/mol. The van der Waals surface area contributed by atoms with Gasteiger partial charge in [-0.2, -0.15) is 0 Å². The van der Waals surface area contributed by atoms with Gasteiger partial charge in [0.25, 0.3) is 0 Å². The highest BCUT2D eigenvalue weighted by molar-refractivity contribution is 6.30. The van der Waals surface area contributed by atoms with Crippen LogP contribution >= 0.6 is 11.6 Å². The minimum Gasteiger partial charge on any atom is -0.481 e. The van der Waals surface area contributed by atoms with E-state index in [-0.39, 0.29) is 12.5 Å². The molecule has 3 aromatic rings. The number of carboxylic acids is 1. The highest BCUT2D eigenvalue weighted by atomic mass is 35.5. The van der Waals surface area contributed by atoms with E-state index in [2.05, 4.69) is 15.6 Å². The standard InChI is InChI=1S/C24H22ClN3O3/c25-19-6-3-7-21(15-19)28-24(31)27-20-12-10-17(11-13-20)22(8-1-2-9-23(29)30)18-5-4-14-26-16-18/h3-8,10-16H,1-2,9H2,(H,29,30)(H2,27,28,31). The quantitative estimate of drug-likeness (QED) is 0.375. The van der Waals surface area contributed by atoms with Gasteiger partial charge in [0.1, 0.15) is 0 Å². The molecule has 0 fully saturated rings.